The second-order valence-corrected chi connectivity index (χ2v) is 11.6. The molecule has 0 aliphatic rings. The van der Waals surface area contributed by atoms with Crippen LogP contribution in [0, 0.1) is 11.8 Å². The van der Waals surface area contributed by atoms with E-state index >= 15 is 0 Å². The molecule has 1 aromatic carbocycles. The highest BCUT2D eigenvalue weighted by molar-refractivity contribution is 6.74. The summed E-state index contributed by atoms with van der Waals surface area (Å²) in [6, 6.07) is 10.1. The van der Waals surface area contributed by atoms with E-state index in [1.807, 2.05) is 36.4 Å². The van der Waals surface area contributed by atoms with Crippen LogP contribution in [0.1, 0.15) is 39.2 Å². The van der Waals surface area contributed by atoms with Gasteiger partial charge in [0.05, 0.1) is 0 Å². The third-order valence-corrected chi connectivity index (χ3v) is 8.51. The molecule has 0 radical (unpaired) electrons. The topological polar surface area (TPSA) is 9.23 Å². The van der Waals surface area contributed by atoms with Crippen molar-refractivity contribution in [2.45, 2.75) is 51.7 Å². The fraction of sp³-hybridized carbons (Fsp3) is 0.474. The molecule has 0 aliphatic carbocycles. The van der Waals surface area contributed by atoms with Crippen molar-refractivity contribution in [2.24, 2.45) is 0 Å². The molecule has 114 valence electrons. The Hall–Kier alpha value is -1.30. The van der Waals surface area contributed by atoms with Crippen molar-refractivity contribution in [1.29, 1.82) is 0 Å². The Labute approximate surface area is 131 Å². The van der Waals surface area contributed by atoms with E-state index in [2.05, 4.69) is 51.8 Å². The maximum Gasteiger partial charge on any atom is 0.191 e. The standard InChI is InChI=1S/C19H28OSi/c1-19(2,3)21(4,5)20-17-13-8-6-7-10-14-18-15-11-9-12-16-18/h6-7,9,11-12,15-16H,8,13,17H2,1-5H3/b7-6+. The van der Waals surface area contributed by atoms with Gasteiger partial charge in [-0.1, -0.05) is 56.9 Å². The van der Waals surface area contributed by atoms with Crippen molar-refractivity contribution in [3.05, 3.63) is 48.0 Å². The summed E-state index contributed by atoms with van der Waals surface area (Å²) in [7, 11) is -1.58. The van der Waals surface area contributed by atoms with Crippen LogP contribution in [-0.4, -0.2) is 14.9 Å². The van der Waals surface area contributed by atoms with Crippen LogP contribution in [-0.2, 0) is 4.43 Å². The summed E-state index contributed by atoms with van der Waals surface area (Å²) in [4.78, 5) is 0. The zero-order valence-corrected chi connectivity index (χ0v) is 15.1. The van der Waals surface area contributed by atoms with Crippen LogP contribution in [0.25, 0.3) is 0 Å². The number of benzene rings is 1. The van der Waals surface area contributed by atoms with E-state index in [4.69, 9.17) is 4.43 Å². The normalized spacial score (nSPS) is 12.2. The predicted octanol–water partition coefficient (Wildman–Crippen LogP) is 5.40. The minimum Gasteiger partial charge on any atom is -0.417 e. The molecule has 0 spiro atoms. The molecule has 0 unspecified atom stereocenters. The first-order valence-electron chi connectivity index (χ1n) is 7.68. The van der Waals surface area contributed by atoms with Crippen LogP contribution in [0.3, 0.4) is 0 Å². The summed E-state index contributed by atoms with van der Waals surface area (Å²) >= 11 is 0. The van der Waals surface area contributed by atoms with E-state index in [0.717, 1.165) is 25.0 Å². The molecule has 0 amide bonds. The van der Waals surface area contributed by atoms with Crippen molar-refractivity contribution < 1.29 is 4.43 Å². The van der Waals surface area contributed by atoms with Gasteiger partial charge in [0.1, 0.15) is 0 Å². The molecule has 0 bridgehead atoms. The fourth-order valence-corrected chi connectivity index (χ4v) is 2.62. The Bertz CT molecular complexity index is 498. The average molecular weight is 301 g/mol. The second-order valence-electron chi connectivity index (χ2n) is 6.79. The van der Waals surface area contributed by atoms with Gasteiger partial charge in [0.25, 0.3) is 0 Å². The molecule has 0 saturated carbocycles. The maximum absolute atomic E-state index is 6.14. The molecule has 2 heteroatoms. The second kappa shape index (κ2) is 8.22. The Morgan fingerprint density at radius 3 is 2.43 bits per heavy atom. The van der Waals surface area contributed by atoms with E-state index in [-0.39, 0.29) is 0 Å². The Morgan fingerprint density at radius 1 is 1.14 bits per heavy atom. The van der Waals surface area contributed by atoms with Gasteiger partial charge in [-0.3, -0.25) is 0 Å². The van der Waals surface area contributed by atoms with Crippen LogP contribution in [0.2, 0.25) is 18.1 Å². The highest BCUT2D eigenvalue weighted by Gasteiger charge is 2.36. The number of hydrogen-bond acceptors (Lipinski definition) is 1. The van der Waals surface area contributed by atoms with E-state index < -0.39 is 8.32 Å². The molecule has 0 heterocycles. The van der Waals surface area contributed by atoms with Crippen molar-refractivity contribution in [3.8, 4) is 11.8 Å². The minimum absolute atomic E-state index is 0.296. The highest BCUT2D eigenvalue weighted by atomic mass is 28.4. The van der Waals surface area contributed by atoms with E-state index in [0.29, 0.717) is 5.04 Å². The molecule has 0 atom stereocenters. The lowest BCUT2D eigenvalue weighted by Gasteiger charge is -2.36. The van der Waals surface area contributed by atoms with Crippen molar-refractivity contribution in [2.75, 3.05) is 6.61 Å². The Morgan fingerprint density at radius 2 is 1.81 bits per heavy atom. The molecule has 21 heavy (non-hydrogen) atoms. The van der Waals surface area contributed by atoms with Crippen molar-refractivity contribution in [3.63, 3.8) is 0 Å². The van der Waals surface area contributed by atoms with Gasteiger partial charge in [-0.25, -0.2) is 0 Å². The largest absolute Gasteiger partial charge is 0.417 e. The predicted molar refractivity (Wildman–Crippen MR) is 94.8 cm³/mol. The number of hydrogen-bond donors (Lipinski definition) is 0. The van der Waals surface area contributed by atoms with Gasteiger partial charge >= 0.3 is 0 Å². The van der Waals surface area contributed by atoms with Crippen LogP contribution in [0.4, 0.5) is 0 Å². The SMILES string of the molecule is CC(C)(C)[Si](C)(C)OCCC/C=C/C#Cc1ccccc1. The summed E-state index contributed by atoms with van der Waals surface area (Å²) in [5, 5.41) is 0.296. The molecule has 0 N–H and O–H groups in total. The Kier molecular flexibility index (Phi) is 6.94. The summed E-state index contributed by atoms with van der Waals surface area (Å²) < 4.78 is 6.14. The highest BCUT2D eigenvalue weighted by Crippen LogP contribution is 2.36. The quantitative estimate of drug-likeness (QED) is 0.402. The van der Waals surface area contributed by atoms with Gasteiger partial charge < -0.3 is 4.43 Å². The Balaban J connectivity index is 2.24. The molecule has 1 aromatic rings. The van der Waals surface area contributed by atoms with Crippen LogP contribution in [0.15, 0.2) is 42.5 Å². The summed E-state index contributed by atoms with van der Waals surface area (Å²) in [5.41, 5.74) is 1.06. The van der Waals surface area contributed by atoms with Crippen molar-refractivity contribution >= 4 is 8.32 Å². The zero-order valence-electron chi connectivity index (χ0n) is 14.1. The average Bonchev–Trinajstić information content (AvgIpc) is 2.41. The van der Waals surface area contributed by atoms with Gasteiger partial charge in [-0.15, -0.1) is 0 Å². The molecule has 1 rings (SSSR count). The molecular weight excluding hydrogens is 272 g/mol. The van der Waals surface area contributed by atoms with E-state index in [9.17, 15) is 0 Å². The smallest absolute Gasteiger partial charge is 0.191 e. The maximum atomic E-state index is 6.14. The molecular formula is C19H28OSi. The first-order chi connectivity index (χ1) is 9.83. The van der Waals surface area contributed by atoms with Crippen LogP contribution < -0.4 is 0 Å². The van der Waals surface area contributed by atoms with Crippen LogP contribution in [0.5, 0.6) is 0 Å². The first-order valence-corrected chi connectivity index (χ1v) is 10.6. The third-order valence-electron chi connectivity index (χ3n) is 3.98. The lowest BCUT2D eigenvalue weighted by Crippen LogP contribution is -2.40. The summed E-state index contributed by atoms with van der Waals surface area (Å²) in [5.74, 6) is 6.19. The minimum atomic E-state index is -1.58. The van der Waals surface area contributed by atoms with Crippen LogP contribution >= 0.6 is 0 Å². The molecule has 0 fully saturated rings. The van der Waals surface area contributed by atoms with Gasteiger partial charge in [-0.2, -0.15) is 0 Å². The molecule has 1 nitrogen and oxygen atoms in total. The van der Waals surface area contributed by atoms with Gasteiger partial charge in [0.2, 0.25) is 0 Å². The van der Waals surface area contributed by atoms with Gasteiger partial charge in [0.15, 0.2) is 8.32 Å². The van der Waals surface area contributed by atoms with Gasteiger partial charge in [0, 0.05) is 12.2 Å². The molecule has 0 saturated heterocycles. The zero-order chi connectivity index (χ0) is 15.8. The number of unbranched alkanes of at least 4 members (excludes halogenated alkanes) is 1. The summed E-state index contributed by atoms with van der Waals surface area (Å²) in [6.07, 6.45) is 6.17. The number of allylic oxidation sites excluding steroid dienone is 2. The van der Waals surface area contributed by atoms with Gasteiger partial charge in [-0.05, 0) is 49.2 Å². The lowest BCUT2D eigenvalue weighted by molar-refractivity contribution is 0.283. The van der Waals surface area contributed by atoms with E-state index in [1.165, 1.54) is 0 Å². The fourth-order valence-electron chi connectivity index (χ4n) is 1.53. The first kappa shape index (κ1) is 17.7. The monoisotopic (exact) mass is 300 g/mol. The van der Waals surface area contributed by atoms with E-state index in [1.54, 1.807) is 0 Å². The lowest BCUT2D eigenvalue weighted by atomic mass is 10.2. The molecule has 0 aromatic heterocycles. The van der Waals surface area contributed by atoms with Crippen molar-refractivity contribution in [1.82, 2.24) is 0 Å². The summed E-state index contributed by atoms with van der Waals surface area (Å²) in [6.45, 7) is 12.3. The third kappa shape index (κ3) is 6.79. The molecule has 0 aliphatic heterocycles. The number of rotatable bonds is 5.